The van der Waals surface area contributed by atoms with Crippen molar-refractivity contribution >= 4 is 17.5 Å². The van der Waals surface area contributed by atoms with Crippen molar-refractivity contribution in [3.05, 3.63) is 24.0 Å². The molecule has 1 aliphatic heterocycles. The van der Waals surface area contributed by atoms with Gasteiger partial charge < -0.3 is 21.1 Å². The molecule has 1 fully saturated rings. The Balaban J connectivity index is 2.23. The molecule has 0 bridgehead atoms. The number of carbonyl (C=O) groups excluding carboxylic acids is 2. The normalized spacial score (nSPS) is 21.2. The topological polar surface area (TPSA) is 112 Å². The maximum atomic E-state index is 12.6. The molecule has 2 heterocycles. The molecule has 7 nitrogen and oxygen atoms in total. The van der Waals surface area contributed by atoms with Gasteiger partial charge in [0.2, 0.25) is 0 Å². The van der Waals surface area contributed by atoms with Crippen molar-refractivity contribution in [2.75, 3.05) is 18.0 Å². The Morgan fingerprint density at radius 1 is 1.48 bits per heavy atom. The second-order valence-electron chi connectivity index (χ2n) is 5.05. The lowest BCUT2D eigenvalue weighted by molar-refractivity contribution is -0.128. The van der Waals surface area contributed by atoms with E-state index in [0.29, 0.717) is 25.2 Å². The molecule has 0 aliphatic carbocycles. The SMILES string of the molecule is CC1CC[C@H](C(=O)N(CCN)c2ccnc(C(N)=O)c2)O1. The number of hydrogen-bond donors (Lipinski definition) is 2. The van der Waals surface area contributed by atoms with Crippen molar-refractivity contribution in [3.8, 4) is 0 Å². The first-order valence-corrected chi connectivity index (χ1v) is 6.95. The van der Waals surface area contributed by atoms with E-state index in [0.717, 1.165) is 6.42 Å². The largest absolute Gasteiger partial charge is 0.365 e. The van der Waals surface area contributed by atoms with Crippen LogP contribution in [-0.4, -0.2) is 42.1 Å². The van der Waals surface area contributed by atoms with E-state index in [1.165, 1.54) is 17.2 Å². The van der Waals surface area contributed by atoms with Gasteiger partial charge in [0.05, 0.1) is 6.10 Å². The van der Waals surface area contributed by atoms with Gasteiger partial charge in [0.15, 0.2) is 0 Å². The van der Waals surface area contributed by atoms with Crippen LogP contribution in [0.15, 0.2) is 18.3 Å². The van der Waals surface area contributed by atoms with Gasteiger partial charge in [-0.3, -0.25) is 14.6 Å². The van der Waals surface area contributed by atoms with Crippen LogP contribution in [0.2, 0.25) is 0 Å². The summed E-state index contributed by atoms with van der Waals surface area (Å²) in [7, 11) is 0. The zero-order chi connectivity index (χ0) is 15.4. The molecule has 2 amide bonds. The van der Waals surface area contributed by atoms with Crippen LogP contribution in [0.5, 0.6) is 0 Å². The number of nitrogens with zero attached hydrogens (tertiary/aromatic N) is 2. The molecular weight excluding hydrogens is 272 g/mol. The average molecular weight is 292 g/mol. The summed E-state index contributed by atoms with van der Waals surface area (Å²) >= 11 is 0. The molecule has 0 spiro atoms. The molecule has 0 radical (unpaired) electrons. The van der Waals surface area contributed by atoms with E-state index in [9.17, 15) is 9.59 Å². The average Bonchev–Trinajstić information content (AvgIpc) is 2.91. The summed E-state index contributed by atoms with van der Waals surface area (Å²) in [4.78, 5) is 29.2. The summed E-state index contributed by atoms with van der Waals surface area (Å²) in [5.41, 5.74) is 11.5. The van der Waals surface area contributed by atoms with E-state index in [4.69, 9.17) is 16.2 Å². The molecule has 1 aliphatic rings. The van der Waals surface area contributed by atoms with Crippen molar-refractivity contribution < 1.29 is 14.3 Å². The highest BCUT2D eigenvalue weighted by atomic mass is 16.5. The van der Waals surface area contributed by atoms with Gasteiger partial charge in [0, 0.05) is 25.0 Å². The van der Waals surface area contributed by atoms with E-state index in [-0.39, 0.29) is 17.7 Å². The van der Waals surface area contributed by atoms with Gasteiger partial charge in [-0.05, 0) is 31.9 Å². The summed E-state index contributed by atoms with van der Waals surface area (Å²) in [5.74, 6) is -0.783. The fourth-order valence-corrected chi connectivity index (χ4v) is 2.38. The molecule has 1 aromatic rings. The molecular formula is C14H20N4O3. The van der Waals surface area contributed by atoms with Crippen molar-refractivity contribution in [1.82, 2.24) is 4.98 Å². The Labute approximate surface area is 123 Å². The molecule has 2 atom stereocenters. The van der Waals surface area contributed by atoms with E-state index in [1.54, 1.807) is 6.07 Å². The van der Waals surface area contributed by atoms with Crippen LogP contribution in [-0.2, 0) is 9.53 Å². The number of primary amides is 1. The fraction of sp³-hybridized carbons (Fsp3) is 0.500. The Kier molecular flexibility index (Phi) is 4.87. The van der Waals surface area contributed by atoms with Gasteiger partial charge in [-0.15, -0.1) is 0 Å². The van der Waals surface area contributed by atoms with Gasteiger partial charge >= 0.3 is 0 Å². The second-order valence-corrected chi connectivity index (χ2v) is 5.05. The minimum Gasteiger partial charge on any atom is -0.365 e. The molecule has 114 valence electrons. The number of aromatic nitrogens is 1. The Morgan fingerprint density at radius 3 is 2.81 bits per heavy atom. The number of pyridine rings is 1. The summed E-state index contributed by atoms with van der Waals surface area (Å²) in [6.07, 6.45) is 2.61. The predicted octanol–water partition coefficient (Wildman–Crippen LogP) is 0.0397. The third-order valence-corrected chi connectivity index (χ3v) is 3.43. The first-order chi connectivity index (χ1) is 10.0. The molecule has 1 saturated heterocycles. The maximum absolute atomic E-state index is 12.6. The van der Waals surface area contributed by atoms with E-state index in [1.807, 2.05) is 6.92 Å². The third-order valence-electron chi connectivity index (χ3n) is 3.43. The molecule has 0 saturated carbocycles. The Bertz CT molecular complexity index is 535. The second kappa shape index (κ2) is 6.64. The minimum atomic E-state index is -0.636. The zero-order valence-corrected chi connectivity index (χ0v) is 12.0. The summed E-state index contributed by atoms with van der Waals surface area (Å²) in [5, 5.41) is 0. The van der Waals surface area contributed by atoms with Crippen LogP contribution < -0.4 is 16.4 Å². The number of anilines is 1. The maximum Gasteiger partial charge on any atom is 0.267 e. The standard InChI is InChI=1S/C14H20N4O3/c1-9-2-3-12(21-9)14(20)18(7-5-15)10-4-6-17-11(8-10)13(16)19/h4,6,8-9,12H,2-3,5,7,15H2,1H3,(H2,16,19)/t9?,12-/m1/s1. The van der Waals surface area contributed by atoms with Crippen LogP contribution in [0.4, 0.5) is 5.69 Å². The lowest BCUT2D eigenvalue weighted by Gasteiger charge is -2.25. The smallest absolute Gasteiger partial charge is 0.267 e. The van der Waals surface area contributed by atoms with Crippen molar-refractivity contribution in [2.45, 2.75) is 32.0 Å². The summed E-state index contributed by atoms with van der Waals surface area (Å²) in [6.45, 7) is 2.59. The van der Waals surface area contributed by atoms with Crippen molar-refractivity contribution in [2.24, 2.45) is 11.5 Å². The highest BCUT2D eigenvalue weighted by Gasteiger charge is 2.32. The van der Waals surface area contributed by atoms with E-state index < -0.39 is 12.0 Å². The van der Waals surface area contributed by atoms with Gasteiger partial charge in [0.25, 0.3) is 11.8 Å². The molecule has 2 rings (SSSR count). The Hall–Kier alpha value is -1.99. The van der Waals surface area contributed by atoms with Crippen molar-refractivity contribution in [1.29, 1.82) is 0 Å². The monoisotopic (exact) mass is 292 g/mol. The lowest BCUT2D eigenvalue weighted by Crippen LogP contribution is -2.42. The summed E-state index contributed by atoms with van der Waals surface area (Å²) in [6, 6.07) is 3.15. The van der Waals surface area contributed by atoms with Crippen LogP contribution >= 0.6 is 0 Å². The minimum absolute atomic E-state index is 0.0808. The Morgan fingerprint density at radius 2 is 2.24 bits per heavy atom. The van der Waals surface area contributed by atoms with Gasteiger partial charge in [-0.25, -0.2) is 0 Å². The van der Waals surface area contributed by atoms with E-state index >= 15 is 0 Å². The van der Waals surface area contributed by atoms with Gasteiger partial charge in [0.1, 0.15) is 11.8 Å². The number of ether oxygens (including phenoxy) is 1. The van der Waals surface area contributed by atoms with Crippen molar-refractivity contribution in [3.63, 3.8) is 0 Å². The summed E-state index contributed by atoms with van der Waals surface area (Å²) < 4.78 is 5.61. The molecule has 21 heavy (non-hydrogen) atoms. The lowest BCUT2D eigenvalue weighted by atomic mass is 10.1. The number of amides is 2. The molecule has 1 unspecified atom stereocenters. The zero-order valence-electron chi connectivity index (χ0n) is 12.0. The first kappa shape index (κ1) is 15.4. The predicted molar refractivity (Wildman–Crippen MR) is 77.7 cm³/mol. The number of rotatable bonds is 5. The third kappa shape index (κ3) is 3.56. The highest BCUT2D eigenvalue weighted by molar-refractivity contribution is 5.98. The first-order valence-electron chi connectivity index (χ1n) is 6.95. The number of nitrogens with two attached hydrogens (primary N) is 2. The van der Waals surface area contributed by atoms with Gasteiger partial charge in [-0.2, -0.15) is 0 Å². The number of hydrogen-bond acceptors (Lipinski definition) is 5. The van der Waals surface area contributed by atoms with E-state index in [2.05, 4.69) is 4.98 Å². The van der Waals surface area contributed by atoms with Crippen LogP contribution in [0.25, 0.3) is 0 Å². The van der Waals surface area contributed by atoms with Crippen LogP contribution in [0, 0.1) is 0 Å². The van der Waals surface area contributed by atoms with Gasteiger partial charge in [-0.1, -0.05) is 0 Å². The fourth-order valence-electron chi connectivity index (χ4n) is 2.38. The quantitative estimate of drug-likeness (QED) is 0.796. The molecule has 1 aromatic heterocycles. The molecule has 0 aromatic carbocycles. The van der Waals surface area contributed by atoms with Crippen LogP contribution in [0.3, 0.4) is 0 Å². The molecule has 7 heteroatoms. The highest BCUT2D eigenvalue weighted by Crippen LogP contribution is 2.23. The molecule has 4 N–H and O–H groups in total. The van der Waals surface area contributed by atoms with Crippen LogP contribution in [0.1, 0.15) is 30.3 Å². The number of carbonyl (C=O) groups is 2.